The third kappa shape index (κ3) is 2.09. The molecule has 11 nitrogen and oxygen atoms in total. The van der Waals surface area contributed by atoms with Crippen molar-refractivity contribution in [1.82, 2.24) is 14.5 Å². The Labute approximate surface area is 155 Å². The first-order valence-electron chi connectivity index (χ1n) is 8.27. The Morgan fingerprint density at radius 3 is 3.07 bits per heavy atom. The van der Waals surface area contributed by atoms with Crippen LogP contribution in [-0.4, -0.2) is 43.1 Å². The minimum absolute atomic E-state index is 0.0535. The minimum Gasteiger partial charge on any atom is -0.392 e. The fourth-order valence-electron chi connectivity index (χ4n) is 3.51. The van der Waals surface area contributed by atoms with Crippen LogP contribution < -0.4 is 15.7 Å². The summed E-state index contributed by atoms with van der Waals surface area (Å²) < 4.78 is 32.6. The number of ether oxygens (including phenoxy) is 1. The van der Waals surface area contributed by atoms with E-state index in [9.17, 15) is 19.4 Å². The summed E-state index contributed by atoms with van der Waals surface area (Å²) in [6, 6.07) is 0. The fraction of sp³-hybridized carbons (Fsp3) is 0.375. The molecule has 0 unspecified atom stereocenters. The van der Waals surface area contributed by atoms with Crippen molar-refractivity contribution in [1.29, 1.82) is 0 Å². The molecule has 5 rings (SSSR count). The molecule has 28 heavy (non-hydrogen) atoms. The zero-order chi connectivity index (χ0) is 19.6. The van der Waals surface area contributed by atoms with Gasteiger partial charge in [0.25, 0.3) is 5.82 Å². The van der Waals surface area contributed by atoms with Gasteiger partial charge in [0.2, 0.25) is 11.4 Å². The number of nitrogens with zero attached hydrogens (tertiary/aromatic N) is 4. The zero-order valence-corrected chi connectivity index (χ0v) is 14.1. The third-order valence-electron chi connectivity index (χ3n) is 4.94. The highest BCUT2D eigenvalue weighted by Gasteiger charge is 2.48. The monoisotopic (exact) mass is 390 g/mol. The van der Waals surface area contributed by atoms with Crippen LogP contribution in [0, 0.1) is 18.4 Å². The minimum atomic E-state index is -1.56. The number of imidazole rings is 1. The Morgan fingerprint density at radius 2 is 2.36 bits per heavy atom. The molecule has 3 atom stereocenters. The molecule has 5 heterocycles. The van der Waals surface area contributed by atoms with E-state index >= 15 is 0 Å². The third-order valence-corrected chi connectivity index (χ3v) is 4.94. The van der Waals surface area contributed by atoms with Gasteiger partial charge in [-0.1, -0.05) is 10.9 Å². The lowest BCUT2D eigenvalue weighted by Gasteiger charge is -2.23. The molecular formula is C16H13FN5O6+. The van der Waals surface area contributed by atoms with E-state index in [4.69, 9.17) is 20.0 Å². The van der Waals surface area contributed by atoms with E-state index in [2.05, 4.69) is 21.2 Å². The van der Waals surface area contributed by atoms with E-state index in [0.29, 0.717) is 0 Å². The van der Waals surface area contributed by atoms with Gasteiger partial charge in [-0.15, -0.1) is 15.4 Å². The van der Waals surface area contributed by atoms with Crippen molar-refractivity contribution in [2.24, 2.45) is 0 Å². The van der Waals surface area contributed by atoms with E-state index in [0.717, 1.165) is 4.57 Å². The Bertz CT molecular complexity index is 1210. The average Bonchev–Trinajstić information content (AvgIpc) is 3.35. The first-order chi connectivity index (χ1) is 13.5. The summed E-state index contributed by atoms with van der Waals surface area (Å²) in [5, 5.41) is 22.7. The maximum atomic E-state index is 14.8. The lowest BCUT2D eigenvalue weighted by Crippen LogP contribution is -2.43. The second-order valence-electron chi connectivity index (χ2n) is 6.44. The lowest BCUT2D eigenvalue weighted by atomic mass is 9.99. The summed E-state index contributed by atoms with van der Waals surface area (Å²) in [5.74, 6) is 1.54. The molecule has 3 N–H and O–H groups in total. The number of aliphatic hydroxyl groups excluding tert-OH is 2. The van der Waals surface area contributed by atoms with Crippen LogP contribution in [-0.2, 0) is 11.3 Å². The number of rotatable bonds is 2. The summed E-state index contributed by atoms with van der Waals surface area (Å²) in [4.78, 5) is 19.5. The molecule has 0 aromatic carbocycles. The van der Waals surface area contributed by atoms with Crippen LogP contribution in [0.2, 0.25) is 0 Å². The maximum Gasteiger partial charge on any atom is 0.521 e. The van der Waals surface area contributed by atoms with Gasteiger partial charge in [0.05, 0.1) is 6.61 Å². The van der Waals surface area contributed by atoms with Gasteiger partial charge in [0.15, 0.2) is 11.1 Å². The lowest BCUT2D eigenvalue weighted by molar-refractivity contribution is -0.632. The van der Waals surface area contributed by atoms with Crippen molar-refractivity contribution in [2.45, 2.75) is 30.9 Å². The van der Waals surface area contributed by atoms with Gasteiger partial charge in [-0.05, 0) is 0 Å². The second-order valence-corrected chi connectivity index (χ2v) is 6.44. The summed E-state index contributed by atoms with van der Waals surface area (Å²) in [7, 11) is 0. The predicted octanol–water partition coefficient (Wildman–Crippen LogP) is -1.04. The normalized spacial score (nSPS) is 25.9. The molecule has 2 aliphatic heterocycles. The summed E-state index contributed by atoms with van der Waals surface area (Å²) in [6.45, 7) is -0.486. The molecular weight excluding hydrogens is 377 g/mol. The number of nitrogens with one attached hydrogen (secondary N) is 1. The first-order valence-corrected chi connectivity index (χ1v) is 8.27. The molecule has 12 heteroatoms. The van der Waals surface area contributed by atoms with Crippen molar-refractivity contribution < 1.29 is 32.7 Å². The Hall–Kier alpha value is -3.27. The maximum absolute atomic E-state index is 14.8. The standard InChI is InChI=1S/C16H12FN5O6/c1-2-16(5-23)8(24)3-9(28-16)21-6-19-10-11-18-4-7-13(27-15(25)26-7)22(11)14(17)20-12(10)21/h1,6,8-9,23-24H,3-5H2/p+1/t8-,9+,16+/m0/s1. The SMILES string of the molecule is C#C[C@]1(CO)O[C@@H](n2cnc3c4[n+](c(F)nc32)-c2oc(=O)oc2CN4)C[C@@H]1O. The predicted molar refractivity (Wildman–Crippen MR) is 86.5 cm³/mol. The van der Waals surface area contributed by atoms with E-state index in [1.165, 1.54) is 10.9 Å². The van der Waals surface area contributed by atoms with Gasteiger partial charge in [-0.25, -0.2) is 9.78 Å². The quantitative estimate of drug-likeness (QED) is 0.284. The average molecular weight is 390 g/mol. The second kappa shape index (κ2) is 5.61. The molecule has 144 valence electrons. The van der Waals surface area contributed by atoms with E-state index < -0.39 is 36.4 Å². The van der Waals surface area contributed by atoms with Crippen LogP contribution in [0.5, 0.6) is 0 Å². The molecule has 1 fully saturated rings. The van der Waals surface area contributed by atoms with Crippen molar-refractivity contribution >= 4 is 17.0 Å². The van der Waals surface area contributed by atoms with Crippen molar-refractivity contribution in [2.75, 3.05) is 11.9 Å². The summed E-state index contributed by atoms with van der Waals surface area (Å²) in [6.07, 6.45) is 3.90. The number of terminal acetylenes is 1. The van der Waals surface area contributed by atoms with Crippen molar-refractivity contribution in [3.63, 3.8) is 0 Å². The number of aromatic nitrogens is 4. The largest absolute Gasteiger partial charge is 0.521 e. The van der Waals surface area contributed by atoms with Gasteiger partial charge in [-0.2, -0.15) is 0 Å². The van der Waals surface area contributed by atoms with E-state index in [-0.39, 0.29) is 41.6 Å². The number of halogens is 1. The molecule has 1 saturated heterocycles. The highest BCUT2D eigenvalue weighted by atomic mass is 19.1. The van der Waals surface area contributed by atoms with Gasteiger partial charge in [0, 0.05) is 6.42 Å². The molecule has 0 aliphatic carbocycles. The molecule has 0 radical (unpaired) electrons. The molecule has 0 amide bonds. The number of hydrogen-bond donors (Lipinski definition) is 3. The molecule has 0 bridgehead atoms. The Balaban J connectivity index is 1.65. The van der Waals surface area contributed by atoms with Crippen LogP contribution >= 0.6 is 0 Å². The van der Waals surface area contributed by atoms with Crippen molar-refractivity contribution in [3.05, 3.63) is 28.8 Å². The van der Waals surface area contributed by atoms with Gasteiger partial charge >= 0.3 is 17.8 Å². The van der Waals surface area contributed by atoms with E-state index in [1.807, 2.05) is 0 Å². The fourth-order valence-corrected chi connectivity index (χ4v) is 3.51. The number of anilines is 1. The molecule has 0 saturated carbocycles. The zero-order valence-electron chi connectivity index (χ0n) is 14.1. The molecule has 3 aromatic rings. The van der Waals surface area contributed by atoms with Gasteiger partial charge in [-0.3, -0.25) is 9.88 Å². The molecule has 0 spiro atoms. The van der Waals surface area contributed by atoms with E-state index in [1.54, 1.807) is 0 Å². The number of fused-ring (bicyclic) bond motifs is 5. The topological polar surface area (TPSA) is 140 Å². The smallest absolute Gasteiger partial charge is 0.392 e. The molecule has 2 aliphatic rings. The van der Waals surface area contributed by atoms with Gasteiger partial charge in [0.1, 0.15) is 25.2 Å². The summed E-state index contributed by atoms with van der Waals surface area (Å²) in [5.41, 5.74) is -1.17. The highest BCUT2D eigenvalue weighted by molar-refractivity contribution is 5.81. The van der Waals surface area contributed by atoms with Crippen molar-refractivity contribution in [3.8, 4) is 18.2 Å². The summed E-state index contributed by atoms with van der Waals surface area (Å²) >= 11 is 0. The first kappa shape index (κ1) is 16.9. The van der Waals surface area contributed by atoms with Crippen LogP contribution in [0.3, 0.4) is 0 Å². The molecule has 3 aromatic heterocycles. The van der Waals surface area contributed by atoms with Crippen LogP contribution in [0.25, 0.3) is 17.0 Å². The Kier molecular flexibility index (Phi) is 3.38. The number of hydrogen-bond acceptors (Lipinski definition) is 9. The van der Waals surface area contributed by atoms with Crippen LogP contribution in [0.15, 0.2) is 20.0 Å². The van der Waals surface area contributed by atoms with Crippen LogP contribution in [0.4, 0.5) is 10.2 Å². The Morgan fingerprint density at radius 1 is 1.54 bits per heavy atom. The van der Waals surface area contributed by atoms with Crippen LogP contribution in [0.1, 0.15) is 18.4 Å². The highest BCUT2D eigenvalue weighted by Crippen LogP contribution is 2.38. The number of aliphatic hydroxyl groups is 2. The van der Waals surface area contributed by atoms with Gasteiger partial charge < -0.3 is 23.8 Å².